The number of carboxylic acids is 1. The van der Waals surface area contributed by atoms with E-state index in [1.165, 1.54) is 0 Å². The number of carbonyl (C=O) groups excluding carboxylic acids is 3. The van der Waals surface area contributed by atoms with Crippen molar-refractivity contribution in [1.82, 2.24) is 0 Å². The molecule has 204 valence electrons. The largest absolute Gasteiger partial charge is 0.478 e. The molecule has 0 saturated carbocycles. The summed E-state index contributed by atoms with van der Waals surface area (Å²) in [5.41, 5.74) is -6.00. The Hall–Kier alpha value is -4.88. The Labute approximate surface area is 214 Å². The van der Waals surface area contributed by atoms with E-state index in [4.69, 9.17) is 5.11 Å². The molecule has 0 fully saturated rings. The van der Waals surface area contributed by atoms with Gasteiger partial charge in [-0.05, 0) is 60.7 Å². The van der Waals surface area contributed by atoms with Crippen molar-refractivity contribution in [3.8, 4) is 11.5 Å². The van der Waals surface area contributed by atoms with Gasteiger partial charge in [0.1, 0.15) is 22.6 Å². The maximum Gasteiger partial charge on any atom is 0.420 e. The lowest BCUT2D eigenvalue weighted by atomic mass is 10.0. The molecule has 0 saturated heterocycles. The van der Waals surface area contributed by atoms with Gasteiger partial charge in [-0.2, -0.15) is 26.3 Å². The zero-order chi connectivity index (χ0) is 29.1. The van der Waals surface area contributed by atoms with Gasteiger partial charge in [0.15, 0.2) is 0 Å². The van der Waals surface area contributed by atoms with E-state index in [2.05, 4.69) is 14.2 Å². The van der Waals surface area contributed by atoms with Crippen LogP contribution in [0.2, 0.25) is 0 Å². The van der Waals surface area contributed by atoms with Gasteiger partial charge in [-0.25, -0.2) is 19.2 Å². The van der Waals surface area contributed by atoms with Gasteiger partial charge >= 0.3 is 36.2 Å². The van der Waals surface area contributed by atoms with E-state index < -0.39 is 70.0 Å². The van der Waals surface area contributed by atoms with Gasteiger partial charge in [-0.3, -0.25) is 0 Å². The fourth-order valence-corrected chi connectivity index (χ4v) is 3.22. The minimum Gasteiger partial charge on any atom is -0.478 e. The van der Waals surface area contributed by atoms with Gasteiger partial charge in [0.25, 0.3) is 0 Å². The van der Waals surface area contributed by atoms with E-state index in [0.717, 1.165) is 55.6 Å². The van der Waals surface area contributed by atoms with Gasteiger partial charge in [0.05, 0.1) is 29.4 Å². The number of hydrogen-bond acceptors (Lipinski definition) is 7. The maximum atomic E-state index is 13.9. The van der Waals surface area contributed by atoms with Crippen LogP contribution in [0.15, 0.2) is 60.7 Å². The molecule has 0 aliphatic rings. The van der Waals surface area contributed by atoms with E-state index in [0.29, 0.717) is 12.1 Å². The molecule has 0 unspecified atom stereocenters. The average Bonchev–Trinajstić information content (AvgIpc) is 2.87. The number of carboxylic acid groups (broad SMARTS) is 1. The third-order valence-electron chi connectivity index (χ3n) is 5.01. The van der Waals surface area contributed by atoms with Gasteiger partial charge in [0.2, 0.25) is 0 Å². The standard InChI is InChI=1S/C25H14F6O8/c1-37-21(34)13-6-8-15(9-7-13)23(36)39-17-11-10-16(18(24(26,27)28)19(17)25(29,30)31)38-22(35)14-4-2-12(3-5-14)20(32)33/h2-11H,1H3,(H,32,33). The van der Waals surface area contributed by atoms with Crippen LogP contribution in [-0.2, 0) is 17.1 Å². The molecule has 0 bridgehead atoms. The number of esters is 3. The molecule has 3 aromatic carbocycles. The van der Waals surface area contributed by atoms with Crippen molar-refractivity contribution >= 4 is 23.9 Å². The smallest absolute Gasteiger partial charge is 0.420 e. The number of methoxy groups -OCH3 is 1. The van der Waals surface area contributed by atoms with Crippen LogP contribution in [0.1, 0.15) is 52.6 Å². The Morgan fingerprint density at radius 3 is 1.15 bits per heavy atom. The molecule has 0 radical (unpaired) electrons. The summed E-state index contributed by atoms with van der Waals surface area (Å²) in [4.78, 5) is 47.2. The van der Waals surface area contributed by atoms with Crippen molar-refractivity contribution in [2.75, 3.05) is 7.11 Å². The maximum absolute atomic E-state index is 13.9. The van der Waals surface area contributed by atoms with E-state index in [9.17, 15) is 45.5 Å². The molecule has 0 heterocycles. The zero-order valence-corrected chi connectivity index (χ0v) is 19.3. The Bertz CT molecular complexity index is 1430. The number of halogens is 6. The molecule has 0 aliphatic carbocycles. The van der Waals surface area contributed by atoms with Crippen molar-refractivity contribution in [3.05, 3.63) is 94.0 Å². The summed E-state index contributed by atoms with van der Waals surface area (Å²) < 4.78 is 97.0. The molecule has 0 atom stereocenters. The molecule has 0 amide bonds. The Morgan fingerprint density at radius 1 is 0.564 bits per heavy atom. The highest BCUT2D eigenvalue weighted by Gasteiger charge is 2.49. The molecule has 1 N–H and O–H groups in total. The summed E-state index contributed by atoms with van der Waals surface area (Å²) in [6.07, 6.45) is -11.5. The summed E-state index contributed by atoms with van der Waals surface area (Å²) in [5.74, 6) is -8.21. The predicted octanol–water partition coefficient (Wildman–Crippen LogP) is 5.65. The van der Waals surface area contributed by atoms with Crippen LogP contribution in [-0.4, -0.2) is 36.1 Å². The summed E-state index contributed by atoms with van der Waals surface area (Å²) >= 11 is 0. The third kappa shape index (κ3) is 6.52. The fraction of sp³-hybridized carbons (Fsp3) is 0.120. The normalized spacial score (nSPS) is 11.5. The summed E-state index contributed by atoms with van der Waals surface area (Å²) in [5, 5.41) is 8.89. The van der Waals surface area contributed by atoms with Crippen LogP contribution >= 0.6 is 0 Å². The van der Waals surface area contributed by atoms with Gasteiger partial charge < -0.3 is 19.3 Å². The lowest BCUT2D eigenvalue weighted by molar-refractivity contribution is -0.163. The molecule has 39 heavy (non-hydrogen) atoms. The second-order valence-corrected chi connectivity index (χ2v) is 7.54. The first-order valence-electron chi connectivity index (χ1n) is 10.4. The second-order valence-electron chi connectivity index (χ2n) is 7.54. The van der Waals surface area contributed by atoms with Crippen LogP contribution < -0.4 is 9.47 Å². The first-order chi connectivity index (χ1) is 18.1. The summed E-state index contributed by atoms with van der Waals surface area (Å²) in [6.45, 7) is 0. The number of benzene rings is 3. The predicted molar refractivity (Wildman–Crippen MR) is 118 cm³/mol. The van der Waals surface area contributed by atoms with Gasteiger partial charge in [-0.1, -0.05) is 0 Å². The van der Waals surface area contributed by atoms with Crippen LogP contribution in [0.25, 0.3) is 0 Å². The molecule has 8 nitrogen and oxygen atoms in total. The number of ether oxygens (including phenoxy) is 3. The molecule has 0 spiro atoms. The van der Waals surface area contributed by atoms with Crippen molar-refractivity contribution < 1.29 is 64.8 Å². The van der Waals surface area contributed by atoms with Crippen LogP contribution in [0.3, 0.4) is 0 Å². The topological polar surface area (TPSA) is 116 Å². The van der Waals surface area contributed by atoms with Gasteiger partial charge in [-0.15, -0.1) is 0 Å². The summed E-state index contributed by atoms with van der Waals surface area (Å²) in [6, 6.07) is 8.53. The van der Waals surface area contributed by atoms with Crippen molar-refractivity contribution in [3.63, 3.8) is 0 Å². The Kier molecular flexibility index (Phi) is 7.98. The van der Waals surface area contributed by atoms with Crippen molar-refractivity contribution in [1.29, 1.82) is 0 Å². The number of hydrogen-bond donors (Lipinski definition) is 1. The van der Waals surface area contributed by atoms with Crippen molar-refractivity contribution in [2.45, 2.75) is 12.4 Å². The average molecular weight is 556 g/mol. The highest BCUT2D eigenvalue weighted by Crippen LogP contribution is 2.49. The Balaban J connectivity index is 2.02. The SMILES string of the molecule is COC(=O)c1ccc(C(=O)Oc2ccc(OC(=O)c3ccc(C(=O)O)cc3)c(C(F)(F)F)c2C(F)(F)F)cc1. The molecular formula is C25H14F6O8. The van der Waals surface area contributed by atoms with Crippen LogP contribution in [0.4, 0.5) is 26.3 Å². The fourth-order valence-electron chi connectivity index (χ4n) is 3.22. The highest BCUT2D eigenvalue weighted by atomic mass is 19.4. The molecule has 0 aliphatic heterocycles. The first-order valence-corrected chi connectivity index (χ1v) is 10.4. The minimum absolute atomic E-state index is 0.0202. The summed E-state index contributed by atoms with van der Waals surface area (Å²) in [7, 11) is 1.08. The monoisotopic (exact) mass is 556 g/mol. The molecular weight excluding hydrogens is 542 g/mol. The quantitative estimate of drug-likeness (QED) is 0.235. The molecule has 3 aromatic rings. The van der Waals surface area contributed by atoms with Crippen LogP contribution in [0, 0.1) is 0 Å². The van der Waals surface area contributed by atoms with Crippen LogP contribution in [0.5, 0.6) is 11.5 Å². The van der Waals surface area contributed by atoms with E-state index >= 15 is 0 Å². The number of aromatic carboxylic acids is 1. The van der Waals surface area contributed by atoms with E-state index in [-0.39, 0.29) is 11.1 Å². The number of carbonyl (C=O) groups is 4. The highest BCUT2D eigenvalue weighted by molar-refractivity contribution is 5.95. The van der Waals surface area contributed by atoms with Gasteiger partial charge in [0, 0.05) is 0 Å². The number of alkyl halides is 6. The lowest BCUT2D eigenvalue weighted by Crippen LogP contribution is -2.22. The molecule has 3 rings (SSSR count). The second kappa shape index (κ2) is 10.8. The van der Waals surface area contributed by atoms with Crippen molar-refractivity contribution in [2.24, 2.45) is 0 Å². The van der Waals surface area contributed by atoms with E-state index in [1.54, 1.807) is 0 Å². The van der Waals surface area contributed by atoms with E-state index in [1.807, 2.05) is 0 Å². The zero-order valence-electron chi connectivity index (χ0n) is 19.3. The lowest BCUT2D eigenvalue weighted by Gasteiger charge is -2.21. The molecule has 14 heteroatoms. The first kappa shape index (κ1) is 28.7. The minimum atomic E-state index is -5.74. The number of rotatable bonds is 6. The third-order valence-corrected chi connectivity index (χ3v) is 5.01. The molecule has 0 aromatic heterocycles. The Morgan fingerprint density at radius 2 is 0.872 bits per heavy atom.